The highest BCUT2D eigenvalue weighted by Gasteiger charge is 2.17. The summed E-state index contributed by atoms with van der Waals surface area (Å²) in [7, 11) is 1.85. The topological polar surface area (TPSA) is 52.0 Å². The predicted octanol–water partition coefficient (Wildman–Crippen LogP) is 0.465. The maximum Gasteiger partial charge on any atom is 0.222 e. The SMILES string of the molecule is CNN1C=NC(NC(C)C)=NC1SC. The number of nitrogens with one attached hydrogen (secondary N) is 2. The van der Waals surface area contributed by atoms with Gasteiger partial charge in [0.15, 0.2) is 5.50 Å². The first-order valence-electron chi connectivity index (χ1n) is 4.54. The maximum atomic E-state index is 4.43. The molecule has 0 saturated carbocycles. The van der Waals surface area contributed by atoms with Gasteiger partial charge in [-0.25, -0.2) is 15.4 Å². The van der Waals surface area contributed by atoms with E-state index in [0.29, 0.717) is 12.0 Å². The fourth-order valence-corrected chi connectivity index (χ4v) is 1.63. The zero-order valence-electron chi connectivity index (χ0n) is 8.98. The first-order valence-corrected chi connectivity index (χ1v) is 5.83. The maximum absolute atomic E-state index is 4.43. The van der Waals surface area contributed by atoms with E-state index in [1.807, 2.05) is 18.3 Å². The Morgan fingerprint density at radius 3 is 2.79 bits per heavy atom. The number of hydrogen-bond donors (Lipinski definition) is 2. The third kappa shape index (κ3) is 2.88. The van der Waals surface area contributed by atoms with Crippen LogP contribution in [0.3, 0.4) is 0 Å². The molecule has 1 unspecified atom stereocenters. The standard InChI is InChI=1S/C8H17N5S/c1-6(2)11-7-10-5-13(9-3)8(12-7)14-4/h5-6,8-9H,1-4H3,(H,11,12). The summed E-state index contributed by atoms with van der Waals surface area (Å²) < 4.78 is 0. The Bertz CT molecular complexity index is 238. The van der Waals surface area contributed by atoms with Gasteiger partial charge in [-0.3, -0.25) is 5.01 Å². The molecule has 0 spiro atoms. The molecule has 80 valence electrons. The molecule has 6 heteroatoms. The first-order chi connectivity index (χ1) is 6.67. The molecule has 1 atom stereocenters. The Morgan fingerprint density at radius 1 is 1.57 bits per heavy atom. The van der Waals surface area contributed by atoms with Gasteiger partial charge >= 0.3 is 0 Å². The molecule has 0 aliphatic carbocycles. The van der Waals surface area contributed by atoms with Crippen LogP contribution in [-0.4, -0.2) is 42.2 Å². The Balaban J connectivity index is 2.64. The first kappa shape index (κ1) is 11.3. The highest BCUT2D eigenvalue weighted by molar-refractivity contribution is 7.99. The number of hydrazine groups is 1. The second-order valence-corrected chi connectivity index (χ2v) is 4.08. The van der Waals surface area contributed by atoms with Crippen LogP contribution in [0.5, 0.6) is 0 Å². The molecule has 0 aromatic heterocycles. The average Bonchev–Trinajstić information content (AvgIpc) is 2.16. The lowest BCUT2D eigenvalue weighted by atomic mass is 10.4. The Hall–Kier alpha value is -0.750. The van der Waals surface area contributed by atoms with Crippen LogP contribution in [0, 0.1) is 0 Å². The zero-order valence-corrected chi connectivity index (χ0v) is 9.80. The van der Waals surface area contributed by atoms with Gasteiger partial charge in [0.1, 0.15) is 6.34 Å². The molecule has 0 saturated heterocycles. The van der Waals surface area contributed by atoms with Crippen LogP contribution in [-0.2, 0) is 0 Å². The van der Waals surface area contributed by atoms with Crippen molar-refractivity contribution in [2.75, 3.05) is 13.3 Å². The van der Waals surface area contributed by atoms with Crippen molar-refractivity contribution >= 4 is 24.1 Å². The second-order valence-electron chi connectivity index (χ2n) is 3.19. The molecule has 0 bridgehead atoms. The van der Waals surface area contributed by atoms with Gasteiger partial charge in [0.25, 0.3) is 0 Å². The number of rotatable bonds is 3. The summed E-state index contributed by atoms with van der Waals surface area (Å²) in [5, 5.41) is 5.03. The van der Waals surface area contributed by atoms with E-state index >= 15 is 0 Å². The normalized spacial score (nSPS) is 21.4. The lowest BCUT2D eigenvalue weighted by molar-refractivity contribution is 0.330. The van der Waals surface area contributed by atoms with E-state index in [-0.39, 0.29) is 5.50 Å². The molecular formula is C8H17N5S. The second kappa shape index (κ2) is 5.21. The fourth-order valence-electron chi connectivity index (χ4n) is 1.04. The van der Waals surface area contributed by atoms with E-state index in [9.17, 15) is 0 Å². The fraction of sp³-hybridized carbons (Fsp3) is 0.750. The molecule has 1 rings (SSSR count). The summed E-state index contributed by atoms with van der Waals surface area (Å²) in [6.07, 6.45) is 3.77. The molecular weight excluding hydrogens is 198 g/mol. The van der Waals surface area contributed by atoms with Crippen LogP contribution >= 0.6 is 11.8 Å². The van der Waals surface area contributed by atoms with Crippen molar-refractivity contribution in [1.82, 2.24) is 15.8 Å². The quantitative estimate of drug-likeness (QED) is 0.718. The van der Waals surface area contributed by atoms with Crippen molar-refractivity contribution < 1.29 is 0 Å². The molecule has 14 heavy (non-hydrogen) atoms. The van der Waals surface area contributed by atoms with E-state index in [0.717, 1.165) is 0 Å². The minimum atomic E-state index is 0.0544. The molecule has 5 nitrogen and oxygen atoms in total. The monoisotopic (exact) mass is 215 g/mol. The lowest BCUT2D eigenvalue weighted by Gasteiger charge is -2.27. The Kier molecular flexibility index (Phi) is 4.21. The van der Waals surface area contributed by atoms with Crippen LogP contribution in [0.25, 0.3) is 0 Å². The van der Waals surface area contributed by atoms with Crippen LogP contribution in [0.2, 0.25) is 0 Å². The van der Waals surface area contributed by atoms with Gasteiger partial charge in [-0.2, -0.15) is 0 Å². The van der Waals surface area contributed by atoms with E-state index < -0.39 is 0 Å². The molecule has 1 heterocycles. The van der Waals surface area contributed by atoms with Gasteiger partial charge in [-0.15, -0.1) is 11.8 Å². The lowest BCUT2D eigenvalue weighted by Crippen LogP contribution is -2.45. The van der Waals surface area contributed by atoms with Gasteiger partial charge < -0.3 is 5.32 Å². The van der Waals surface area contributed by atoms with Gasteiger partial charge in [-0.05, 0) is 20.1 Å². The van der Waals surface area contributed by atoms with Crippen LogP contribution in [0.1, 0.15) is 13.8 Å². The number of hydrogen-bond acceptors (Lipinski definition) is 6. The largest absolute Gasteiger partial charge is 0.352 e. The summed E-state index contributed by atoms with van der Waals surface area (Å²) in [5.41, 5.74) is 3.06. The van der Waals surface area contributed by atoms with Crippen molar-refractivity contribution in [3.63, 3.8) is 0 Å². The summed E-state index contributed by atoms with van der Waals surface area (Å²) in [6.45, 7) is 4.13. The third-order valence-electron chi connectivity index (χ3n) is 1.66. The summed E-state index contributed by atoms with van der Waals surface area (Å²) in [6, 6.07) is 0.356. The third-order valence-corrected chi connectivity index (χ3v) is 2.42. The summed E-state index contributed by atoms with van der Waals surface area (Å²) in [5.74, 6) is 0.700. The molecule has 0 fully saturated rings. The minimum Gasteiger partial charge on any atom is -0.352 e. The number of guanidine groups is 1. The van der Waals surface area contributed by atoms with E-state index in [1.54, 1.807) is 18.1 Å². The number of thioether (sulfide) groups is 1. The van der Waals surface area contributed by atoms with Crippen molar-refractivity contribution in [3.8, 4) is 0 Å². The van der Waals surface area contributed by atoms with Gasteiger partial charge in [0.05, 0.1) is 0 Å². The summed E-state index contributed by atoms with van der Waals surface area (Å²) in [4.78, 5) is 8.61. The van der Waals surface area contributed by atoms with Crippen molar-refractivity contribution in [2.24, 2.45) is 9.98 Å². The molecule has 1 aliphatic heterocycles. The van der Waals surface area contributed by atoms with E-state index in [2.05, 4.69) is 34.6 Å². The smallest absolute Gasteiger partial charge is 0.222 e. The Labute approximate surface area is 89.0 Å². The minimum absolute atomic E-state index is 0.0544. The molecule has 1 aliphatic rings. The van der Waals surface area contributed by atoms with Gasteiger partial charge in [-0.1, -0.05) is 0 Å². The van der Waals surface area contributed by atoms with Crippen LogP contribution in [0.4, 0.5) is 0 Å². The highest BCUT2D eigenvalue weighted by atomic mass is 32.2. The molecule has 0 aromatic rings. The van der Waals surface area contributed by atoms with E-state index in [4.69, 9.17) is 0 Å². The number of nitrogens with zero attached hydrogens (tertiary/aromatic N) is 3. The molecule has 0 aromatic carbocycles. The van der Waals surface area contributed by atoms with Crippen molar-refractivity contribution in [2.45, 2.75) is 25.4 Å². The predicted molar refractivity (Wildman–Crippen MR) is 62.4 cm³/mol. The van der Waals surface area contributed by atoms with Gasteiger partial charge in [0.2, 0.25) is 5.96 Å². The molecule has 0 radical (unpaired) electrons. The van der Waals surface area contributed by atoms with Crippen molar-refractivity contribution in [1.29, 1.82) is 0 Å². The molecule has 2 N–H and O–H groups in total. The number of aliphatic imine (C=N–C) groups is 2. The van der Waals surface area contributed by atoms with Gasteiger partial charge in [0, 0.05) is 13.1 Å². The average molecular weight is 215 g/mol. The van der Waals surface area contributed by atoms with E-state index in [1.165, 1.54) is 0 Å². The van der Waals surface area contributed by atoms with Crippen molar-refractivity contribution in [3.05, 3.63) is 0 Å². The summed E-state index contributed by atoms with van der Waals surface area (Å²) >= 11 is 1.65. The zero-order chi connectivity index (χ0) is 10.6. The highest BCUT2D eigenvalue weighted by Crippen LogP contribution is 2.13. The molecule has 0 amide bonds. The Morgan fingerprint density at radius 2 is 2.29 bits per heavy atom. The van der Waals surface area contributed by atoms with Crippen LogP contribution < -0.4 is 10.7 Å². The van der Waals surface area contributed by atoms with Crippen LogP contribution in [0.15, 0.2) is 9.98 Å².